The number of benzene rings is 3. The Labute approximate surface area is 216 Å². The molecule has 188 valence electrons. The molecule has 2 unspecified atom stereocenters. The summed E-state index contributed by atoms with van der Waals surface area (Å²) in [4.78, 5) is 0. The molecule has 4 aromatic rings. The number of phenols is 1. The Bertz CT molecular complexity index is 1230. The van der Waals surface area contributed by atoms with Gasteiger partial charge in [0.25, 0.3) is 0 Å². The van der Waals surface area contributed by atoms with Gasteiger partial charge in [-0.2, -0.15) is 11.3 Å². The van der Waals surface area contributed by atoms with Gasteiger partial charge in [0.15, 0.2) is 0 Å². The number of ether oxygens (including phenoxy) is 3. The van der Waals surface area contributed by atoms with Crippen molar-refractivity contribution in [2.45, 2.75) is 38.1 Å². The Hall–Kier alpha value is -2.90. The normalized spacial score (nSPS) is 17.9. The number of hydrogen-bond acceptors (Lipinski definition) is 6. The Morgan fingerprint density at radius 3 is 2.64 bits per heavy atom. The Morgan fingerprint density at radius 2 is 1.78 bits per heavy atom. The van der Waals surface area contributed by atoms with Gasteiger partial charge in [0.2, 0.25) is 0 Å². The molecule has 36 heavy (non-hydrogen) atoms. The Balaban J connectivity index is 1.11. The molecule has 5 nitrogen and oxygen atoms in total. The molecule has 0 bridgehead atoms. The molecule has 1 aliphatic rings. The molecule has 0 aliphatic carbocycles. The maximum Gasteiger partial charge on any atom is 0.119 e. The van der Waals surface area contributed by atoms with Gasteiger partial charge >= 0.3 is 0 Å². The lowest BCUT2D eigenvalue weighted by Crippen LogP contribution is -2.40. The lowest BCUT2D eigenvalue weighted by atomic mass is 9.87. The van der Waals surface area contributed by atoms with Gasteiger partial charge in [0.1, 0.15) is 11.5 Å². The third-order valence-electron chi connectivity index (χ3n) is 6.64. The molecule has 2 heterocycles. The number of piperidine rings is 1. The van der Waals surface area contributed by atoms with Crippen LogP contribution in [0.4, 0.5) is 0 Å². The molecule has 5 rings (SSSR count). The second-order valence-electron chi connectivity index (χ2n) is 9.27. The quantitative estimate of drug-likeness (QED) is 0.237. The van der Waals surface area contributed by atoms with Crippen molar-refractivity contribution in [2.24, 2.45) is 0 Å². The van der Waals surface area contributed by atoms with Crippen LogP contribution in [0.2, 0.25) is 0 Å². The lowest BCUT2D eigenvalue weighted by Gasteiger charge is -2.32. The Kier molecular flexibility index (Phi) is 8.51. The summed E-state index contributed by atoms with van der Waals surface area (Å²) in [6, 6.07) is 22.3. The van der Waals surface area contributed by atoms with E-state index in [-0.39, 0.29) is 11.9 Å². The fourth-order valence-corrected chi connectivity index (χ4v) is 5.34. The van der Waals surface area contributed by atoms with Crippen LogP contribution in [0.25, 0.3) is 10.8 Å². The van der Waals surface area contributed by atoms with Crippen LogP contribution in [0, 0.1) is 0 Å². The standard InChI is InChI=1S/C30H33NO4S/c32-27-7-4-24-3-2-22(16-26(24)17-27)20-35-30-18-31-12-10-29(30)25-5-8-28(9-6-25)34-14-1-13-33-19-23-11-15-36-21-23/h2-9,11,15-17,21,29-32H,1,10,12-14,18-20H2. The molecule has 2 atom stereocenters. The highest BCUT2D eigenvalue weighted by Crippen LogP contribution is 2.30. The highest BCUT2D eigenvalue weighted by Gasteiger charge is 2.27. The molecule has 1 aromatic heterocycles. The zero-order valence-corrected chi connectivity index (χ0v) is 21.2. The van der Waals surface area contributed by atoms with Gasteiger partial charge in [-0.05, 0) is 87.6 Å². The molecule has 1 fully saturated rings. The van der Waals surface area contributed by atoms with Crippen LogP contribution in [-0.4, -0.2) is 37.5 Å². The molecule has 0 radical (unpaired) electrons. The van der Waals surface area contributed by atoms with E-state index < -0.39 is 0 Å². The van der Waals surface area contributed by atoms with Gasteiger partial charge in [0.05, 0.1) is 32.5 Å². The van der Waals surface area contributed by atoms with Crippen molar-refractivity contribution in [1.82, 2.24) is 5.32 Å². The molecule has 0 saturated carbocycles. The predicted molar refractivity (Wildman–Crippen MR) is 145 cm³/mol. The minimum atomic E-state index is 0.103. The van der Waals surface area contributed by atoms with Gasteiger partial charge < -0.3 is 24.6 Å². The third-order valence-corrected chi connectivity index (χ3v) is 7.37. The summed E-state index contributed by atoms with van der Waals surface area (Å²) in [5, 5.41) is 19.6. The van der Waals surface area contributed by atoms with E-state index >= 15 is 0 Å². The maximum atomic E-state index is 9.80. The third kappa shape index (κ3) is 6.65. The number of hydrogen-bond donors (Lipinski definition) is 2. The fraction of sp³-hybridized carbons (Fsp3) is 0.333. The predicted octanol–water partition coefficient (Wildman–Crippen LogP) is 6.25. The smallest absolute Gasteiger partial charge is 0.119 e. The van der Waals surface area contributed by atoms with Gasteiger partial charge in [-0.1, -0.05) is 30.3 Å². The number of phenolic OH excluding ortho intramolecular Hbond substituents is 1. The largest absolute Gasteiger partial charge is 0.508 e. The van der Waals surface area contributed by atoms with Crippen molar-refractivity contribution in [2.75, 3.05) is 26.3 Å². The van der Waals surface area contributed by atoms with E-state index in [0.29, 0.717) is 32.3 Å². The van der Waals surface area contributed by atoms with Crippen LogP contribution in [0.1, 0.15) is 35.4 Å². The van der Waals surface area contributed by atoms with Crippen LogP contribution in [-0.2, 0) is 22.7 Å². The highest BCUT2D eigenvalue weighted by atomic mass is 32.1. The van der Waals surface area contributed by atoms with Crippen molar-refractivity contribution in [1.29, 1.82) is 0 Å². The minimum Gasteiger partial charge on any atom is -0.508 e. The molecule has 1 aliphatic heterocycles. The summed E-state index contributed by atoms with van der Waals surface area (Å²) in [6.07, 6.45) is 2.01. The zero-order chi connectivity index (χ0) is 24.6. The summed E-state index contributed by atoms with van der Waals surface area (Å²) in [7, 11) is 0. The number of rotatable bonds is 11. The van der Waals surface area contributed by atoms with Crippen molar-refractivity contribution in [3.63, 3.8) is 0 Å². The summed E-state index contributed by atoms with van der Waals surface area (Å²) in [5.41, 5.74) is 3.63. The first-order valence-electron chi connectivity index (χ1n) is 12.6. The first-order chi connectivity index (χ1) is 17.7. The van der Waals surface area contributed by atoms with Crippen molar-refractivity contribution >= 4 is 22.1 Å². The van der Waals surface area contributed by atoms with Gasteiger partial charge in [-0.25, -0.2) is 0 Å². The highest BCUT2D eigenvalue weighted by molar-refractivity contribution is 7.07. The van der Waals surface area contributed by atoms with Gasteiger partial charge in [-0.15, -0.1) is 0 Å². The average Bonchev–Trinajstić information content (AvgIpc) is 3.43. The molecule has 0 amide bonds. The zero-order valence-electron chi connectivity index (χ0n) is 20.4. The van der Waals surface area contributed by atoms with E-state index in [0.717, 1.165) is 48.0 Å². The lowest BCUT2D eigenvalue weighted by molar-refractivity contribution is 0.0106. The van der Waals surface area contributed by atoms with Crippen LogP contribution in [0.5, 0.6) is 11.5 Å². The van der Waals surface area contributed by atoms with E-state index in [1.54, 1.807) is 23.5 Å². The molecular formula is C30H33NO4S. The number of fused-ring (bicyclic) bond motifs is 1. The van der Waals surface area contributed by atoms with Crippen molar-refractivity contribution < 1.29 is 19.3 Å². The topological polar surface area (TPSA) is 60.0 Å². The van der Waals surface area contributed by atoms with E-state index in [1.165, 1.54) is 11.1 Å². The summed E-state index contributed by atoms with van der Waals surface area (Å²) in [5.74, 6) is 1.52. The van der Waals surface area contributed by atoms with E-state index in [9.17, 15) is 5.11 Å². The van der Waals surface area contributed by atoms with Crippen molar-refractivity contribution in [3.05, 3.63) is 94.2 Å². The van der Waals surface area contributed by atoms with Gasteiger partial charge in [-0.3, -0.25) is 0 Å². The summed E-state index contributed by atoms with van der Waals surface area (Å²) >= 11 is 1.70. The number of aromatic hydroxyl groups is 1. The molecule has 6 heteroatoms. The van der Waals surface area contributed by atoms with E-state index in [4.69, 9.17) is 14.2 Å². The molecule has 0 spiro atoms. The summed E-state index contributed by atoms with van der Waals surface area (Å²) < 4.78 is 18.0. The first-order valence-corrected chi connectivity index (χ1v) is 13.5. The fourth-order valence-electron chi connectivity index (χ4n) is 4.69. The van der Waals surface area contributed by atoms with Crippen LogP contribution < -0.4 is 10.1 Å². The molecule has 3 aromatic carbocycles. The SMILES string of the molecule is Oc1ccc2ccc(COC3CNCCC3c3ccc(OCCCOCc4ccsc4)cc3)cc2c1. The number of nitrogens with one attached hydrogen (secondary N) is 1. The van der Waals surface area contributed by atoms with E-state index in [1.807, 2.05) is 6.07 Å². The molecule has 2 N–H and O–H groups in total. The van der Waals surface area contributed by atoms with Crippen molar-refractivity contribution in [3.8, 4) is 11.5 Å². The monoisotopic (exact) mass is 503 g/mol. The van der Waals surface area contributed by atoms with Gasteiger partial charge in [0, 0.05) is 18.9 Å². The van der Waals surface area contributed by atoms with E-state index in [2.05, 4.69) is 64.6 Å². The average molecular weight is 504 g/mol. The number of thiophene rings is 1. The van der Waals surface area contributed by atoms with Crippen LogP contribution in [0.15, 0.2) is 77.5 Å². The second-order valence-corrected chi connectivity index (χ2v) is 10.0. The minimum absolute atomic E-state index is 0.103. The summed E-state index contributed by atoms with van der Waals surface area (Å²) in [6.45, 7) is 4.38. The van der Waals surface area contributed by atoms with Crippen LogP contribution in [0.3, 0.4) is 0 Å². The molecular weight excluding hydrogens is 470 g/mol. The molecule has 1 saturated heterocycles. The van der Waals surface area contributed by atoms with Crippen LogP contribution >= 0.6 is 11.3 Å². The second kappa shape index (κ2) is 12.4. The maximum absolute atomic E-state index is 9.80. The Morgan fingerprint density at radius 1 is 0.889 bits per heavy atom. The first kappa shape index (κ1) is 24.8.